The van der Waals surface area contributed by atoms with Gasteiger partial charge in [-0.3, -0.25) is 0 Å². The third kappa shape index (κ3) is 1.38. The molecule has 0 amide bonds. The highest BCUT2D eigenvalue weighted by molar-refractivity contribution is 5.31. The van der Waals surface area contributed by atoms with E-state index >= 15 is 0 Å². The van der Waals surface area contributed by atoms with E-state index in [4.69, 9.17) is 4.74 Å². The second-order valence-corrected chi connectivity index (χ2v) is 5.83. The molecule has 3 unspecified atom stereocenters. The van der Waals surface area contributed by atoms with Gasteiger partial charge in [0.25, 0.3) is 0 Å². The van der Waals surface area contributed by atoms with E-state index in [-0.39, 0.29) is 22.7 Å². The van der Waals surface area contributed by atoms with Crippen LogP contribution in [-0.4, -0.2) is 22.4 Å². The van der Waals surface area contributed by atoms with Crippen molar-refractivity contribution in [3.8, 4) is 0 Å². The van der Waals surface area contributed by atoms with Gasteiger partial charge in [0.2, 0.25) is 0 Å². The van der Waals surface area contributed by atoms with E-state index in [1.807, 2.05) is 0 Å². The molecule has 1 heterocycles. The molecule has 1 N–H and O–H groups in total. The summed E-state index contributed by atoms with van der Waals surface area (Å²) in [5.74, 6) is 0. The largest absolute Gasteiger partial charge is 0.393 e. The van der Waals surface area contributed by atoms with Crippen molar-refractivity contribution in [2.24, 2.45) is 5.41 Å². The lowest BCUT2D eigenvalue weighted by Crippen LogP contribution is -2.46. The van der Waals surface area contributed by atoms with Crippen molar-refractivity contribution in [1.82, 2.24) is 0 Å². The van der Waals surface area contributed by atoms with Crippen molar-refractivity contribution >= 4 is 0 Å². The number of hydrogen-bond acceptors (Lipinski definition) is 2. The monoisotopic (exact) mass is 210 g/mol. The quantitative estimate of drug-likeness (QED) is 0.561. The normalized spacial score (nSPS) is 47.9. The first-order valence-electron chi connectivity index (χ1n) is 5.93. The molecule has 0 aromatic carbocycles. The Bertz CT molecular complexity index is 295. The van der Waals surface area contributed by atoms with Crippen molar-refractivity contribution in [3.63, 3.8) is 0 Å². The van der Waals surface area contributed by atoms with Crippen LogP contribution in [0.5, 0.6) is 0 Å². The fourth-order valence-electron chi connectivity index (χ4n) is 3.36. The Balaban J connectivity index is 2.29. The van der Waals surface area contributed by atoms with Crippen LogP contribution < -0.4 is 0 Å². The zero-order valence-corrected chi connectivity index (χ0v) is 10.2. The number of epoxide rings is 1. The summed E-state index contributed by atoms with van der Waals surface area (Å²) >= 11 is 0. The van der Waals surface area contributed by atoms with Crippen molar-refractivity contribution in [2.45, 2.75) is 64.3 Å². The average molecular weight is 210 g/mol. The first kappa shape index (κ1) is 11.2. The molecular weight excluding hydrogens is 188 g/mol. The third-order valence-electron chi connectivity index (χ3n) is 4.09. The predicted molar refractivity (Wildman–Crippen MR) is 60.7 cm³/mol. The Morgan fingerprint density at radius 1 is 1.33 bits per heavy atom. The van der Waals surface area contributed by atoms with E-state index in [9.17, 15) is 5.11 Å². The Kier molecular flexibility index (Phi) is 2.29. The minimum Gasteiger partial charge on any atom is -0.393 e. The summed E-state index contributed by atoms with van der Waals surface area (Å²) in [6.45, 7) is 8.65. The van der Waals surface area contributed by atoms with Crippen molar-refractivity contribution < 1.29 is 9.84 Å². The van der Waals surface area contributed by atoms with Gasteiger partial charge in [0.05, 0.1) is 6.10 Å². The van der Waals surface area contributed by atoms with E-state index in [1.165, 1.54) is 0 Å². The lowest BCUT2D eigenvalue weighted by atomic mass is 9.63. The van der Waals surface area contributed by atoms with Crippen molar-refractivity contribution in [2.75, 3.05) is 0 Å². The first-order valence-corrected chi connectivity index (χ1v) is 5.93. The molecule has 1 aliphatic heterocycles. The lowest BCUT2D eigenvalue weighted by molar-refractivity contribution is 0.0514. The third-order valence-corrected chi connectivity index (χ3v) is 4.09. The number of ether oxygens (including phenoxy) is 1. The van der Waals surface area contributed by atoms with Gasteiger partial charge in [-0.05, 0) is 19.8 Å². The van der Waals surface area contributed by atoms with Gasteiger partial charge >= 0.3 is 0 Å². The zero-order chi connectivity index (χ0) is 11.3. The highest BCUT2D eigenvalue weighted by atomic mass is 16.6. The minimum atomic E-state index is -0.212. The summed E-state index contributed by atoms with van der Waals surface area (Å²) in [5.41, 5.74) is -0.236. The molecule has 86 valence electrons. The van der Waals surface area contributed by atoms with Crippen molar-refractivity contribution in [3.05, 3.63) is 12.2 Å². The Morgan fingerprint density at radius 2 is 2.00 bits per heavy atom. The summed E-state index contributed by atoms with van der Waals surface area (Å²) in [4.78, 5) is 0. The fourth-order valence-corrected chi connectivity index (χ4v) is 3.36. The van der Waals surface area contributed by atoms with Gasteiger partial charge in [0.15, 0.2) is 0 Å². The summed E-state index contributed by atoms with van der Waals surface area (Å²) in [7, 11) is 0. The molecular formula is C13H22O2. The summed E-state index contributed by atoms with van der Waals surface area (Å²) in [6, 6.07) is 0. The highest BCUT2D eigenvalue weighted by Gasteiger charge is 2.74. The topological polar surface area (TPSA) is 32.8 Å². The summed E-state index contributed by atoms with van der Waals surface area (Å²) in [5, 5.41) is 9.84. The maximum Gasteiger partial charge on any atom is 0.121 e. The fraction of sp³-hybridized carbons (Fsp3) is 0.846. The van der Waals surface area contributed by atoms with Crippen LogP contribution in [0.1, 0.15) is 47.0 Å². The van der Waals surface area contributed by atoms with Gasteiger partial charge in [-0.25, -0.2) is 0 Å². The predicted octanol–water partition coefficient (Wildman–Crippen LogP) is 2.66. The van der Waals surface area contributed by atoms with Crippen LogP contribution in [0.15, 0.2) is 12.2 Å². The standard InChI is InChI=1S/C13H22O2/c1-5-6-7-13-11(2,3)8-10(14)9-12(13,4)15-13/h6-7,10,14H,5,8-9H2,1-4H3. The van der Waals surface area contributed by atoms with Crippen LogP contribution in [0.3, 0.4) is 0 Å². The van der Waals surface area contributed by atoms with E-state index in [1.54, 1.807) is 0 Å². The smallest absolute Gasteiger partial charge is 0.121 e. The molecule has 0 spiro atoms. The Hall–Kier alpha value is -0.340. The van der Waals surface area contributed by atoms with Crippen LogP contribution in [0, 0.1) is 5.41 Å². The molecule has 0 aromatic heterocycles. The number of rotatable bonds is 2. The molecule has 1 aliphatic carbocycles. The maximum atomic E-state index is 9.84. The highest BCUT2D eigenvalue weighted by Crippen LogP contribution is 2.65. The number of allylic oxidation sites excluding steroid dienone is 1. The summed E-state index contributed by atoms with van der Waals surface area (Å²) in [6.07, 6.45) is 6.83. The second kappa shape index (κ2) is 3.08. The van der Waals surface area contributed by atoms with Crippen LogP contribution in [-0.2, 0) is 4.74 Å². The molecule has 3 atom stereocenters. The van der Waals surface area contributed by atoms with Crippen LogP contribution in [0.2, 0.25) is 0 Å². The van der Waals surface area contributed by atoms with Gasteiger partial charge < -0.3 is 9.84 Å². The average Bonchev–Trinajstić information content (AvgIpc) is 2.67. The molecule has 0 bridgehead atoms. The van der Waals surface area contributed by atoms with Crippen LogP contribution in [0.4, 0.5) is 0 Å². The SMILES string of the molecule is CCC=CC12OC1(C)CC(O)CC2(C)C. The van der Waals surface area contributed by atoms with Crippen LogP contribution in [0.25, 0.3) is 0 Å². The molecule has 0 aromatic rings. The van der Waals surface area contributed by atoms with E-state index in [2.05, 4.69) is 39.8 Å². The van der Waals surface area contributed by atoms with Gasteiger partial charge in [-0.1, -0.05) is 32.9 Å². The zero-order valence-electron chi connectivity index (χ0n) is 10.2. The molecule has 2 fully saturated rings. The van der Waals surface area contributed by atoms with Gasteiger partial charge in [0, 0.05) is 11.8 Å². The number of aliphatic hydroxyl groups excluding tert-OH is 1. The minimum absolute atomic E-state index is 0.0328. The maximum absolute atomic E-state index is 9.84. The Morgan fingerprint density at radius 3 is 2.53 bits per heavy atom. The van der Waals surface area contributed by atoms with E-state index in [0.717, 1.165) is 19.3 Å². The van der Waals surface area contributed by atoms with E-state index < -0.39 is 0 Å². The first-order chi connectivity index (χ1) is 6.87. The molecule has 15 heavy (non-hydrogen) atoms. The molecule has 1 saturated heterocycles. The molecule has 2 rings (SSSR count). The number of hydrogen-bond donors (Lipinski definition) is 1. The summed E-state index contributed by atoms with van der Waals surface area (Å²) < 4.78 is 5.99. The lowest BCUT2D eigenvalue weighted by Gasteiger charge is -2.39. The molecule has 1 saturated carbocycles. The van der Waals surface area contributed by atoms with Gasteiger partial charge in [-0.15, -0.1) is 0 Å². The Labute approximate surface area is 92.3 Å². The number of fused-ring (bicyclic) bond motifs is 1. The number of aliphatic hydroxyl groups is 1. The molecule has 2 nitrogen and oxygen atoms in total. The molecule has 0 radical (unpaired) electrons. The molecule has 2 aliphatic rings. The second-order valence-electron chi connectivity index (χ2n) is 5.83. The van der Waals surface area contributed by atoms with Gasteiger partial charge in [0.1, 0.15) is 11.2 Å². The van der Waals surface area contributed by atoms with E-state index in [0.29, 0.717) is 0 Å². The van der Waals surface area contributed by atoms with Crippen LogP contribution >= 0.6 is 0 Å². The van der Waals surface area contributed by atoms with Crippen molar-refractivity contribution in [1.29, 1.82) is 0 Å². The van der Waals surface area contributed by atoms with Gasteiger partial charge in [-0.2, -0.15) is 0 Å². The molecule has 2 heteroatoms.